The highest BCUT2D eigenvalue weighted by Crippen LogP contribution is 2.15. The van der Waals surface area contributed by atoms with Gasteiger partial charge in [0.05, 0.1) is 0 Å². The Morgan fingerprint density at radius 1 is 1.09 bits per heavy atom. The molecule has 23 heavy (non-hydrogen) atoms. The lowest BCUT2D eigenvalue weighted by Crippen LogP contribution is -2.37. The molecule has 0 aliphatic rings. The second-order valence-electron chi connectivity index (χ2n) is 5.41. The molecule has 0 aromatic heterocycles. The quantitative estimate of drug-likeness (QED) is 0.879. The van der Waals surface area contributed by atoms with Gasteiger partial charge in [-0.25, -0.2) is 4.39 Å². The molecule has 0 radical (unpaired) electrons. The van der Waals surface area contributed by atoms with E-state index in [0.29, 0.717) is 12.1 Å². The molecule has 1 amide bonds. The van der Waals surface area contributed by atoms with Gasteiger partial charge in [-0.15, -0.1) is 12.4 Å². The predicted octanol–water partition coefficient (Wildman–Crippen LogP) is 3.37. The smallest absolute Gasteiger partial charge is 0.227 e. The average Bonchev–Trinajstić information content (AvgIpc) is 2.55. The minimum absolute atomic E-state index is 0. The zero-order valence-corrected chi connectivity index (χ0v) is 13.9. The summed E-state index contributed by atoms with van der Waals surface area (Å²) >= 11 is 0. The highest BCUT2D eigenvalue weighted by molar-refractivity contribution is 5.85. The molecule has 2 aromatic rings. The Morgan fingerprint density at radius 2 is 1.70 bits per heavy atom. The first-order chi connectivity index (χ1) is 10.6. The molecule has 124 valence electrons. The third-order valence-electron chi connectivity index (χ3n) is 3.62. The molecule has 2 rings (SSSR count). The summed E-state index contributed by atoms with van der Waals surface area (Å²) in [4.78, 5) is 14.2. The number of amides is 1. The van der Waals surface area contributed by atoms with Gasteiger partial charge in [0.2, 0.25) is 5.91 Å². The number of carbonyl (C=O) groups excluding carboxylic acids is 1. The maximum absolute atomic E-state index is 13.9. The number of benzene rings is 2. The summed E-state index contributed by atoms with van der Waals surface area (Å²) in [5.41, 5.74) is 7.13. The van der Waals surface area contributed by atoms with Crippen LogP contribution in [0.1, 0.15) is 18.1 Å². The van der Waals surface area contributed by atoms with Crippen molar-refractivity contribution in [3.05, 3.63) is 71.5 Å². The number of carbonyl (C=O) groups is 1. The summed E-state index contributed by atoms with van der Waals surface area (Å²) < 4.78 is 13.9. The molecule has 0 aliphatic carbocycles. The third kappa shape index (κ3) is 5.34. The average molecular weight is 337 g/mol. The van der Waals surface area contributed by atoms with E-state index >= 15 is 0 Å². The van der Waals surface area contributed by atoms with Crippen molar-refractivity contribution in [1.82, 2.24) is 4.90 Å². The molecule has 0 bridgehead atoms. The molecular formula is C18H22ClFN2O. The number of hydrogen-bond acceptors (Lipinski definition) is 2. The lowest BCUT2D eigenvalue weighted by Gasteiger charge is -2.26. The summed E-state index contributed by atoms with van der Waals surface area (Å²) in [7, 11) is 0. The number of halogens is 2. The first kappa shape index (κ1) is 19.1. The topological polar surface area (TPSA) is 46.3 Å². The minimum Gasteiger partial charge on any atom is -0.334 e. The van der Waals surface area contributed by atoms with Crippen molar-refractivity contribution in [3.63, 3.8) is 0 Å². The molecule has 1 unspecified atom stereocenters. The van der Waals surface area contributed by atoms with Gasteiger partial charge >= 0.3 is 0 Å². The maximum Gasteiger partial charge on any atom is 0.227 e. The fraction of sp³-hybridized carbons (Fsp3) is 0.278. The molecule has 3 nitrogen and oxygen atoms in total. The highest BCUT2D eigenvalue weighted by atomic mass is 35.5. The van der Waals surface area contributed by atoms with Crippen LogP contribution in [0.5, 0.6) is 0 Å². The van der Waals surface area contributed by atoms with Crippen LogP contribution in [0.3, 0.4) is 0 Å². The summed E-state index contributed by atoms with van der Waals surface area (Å²) in [6, 6.07) is 16.2. The van der Waals surface area contributed by atoms with Gasteiger partial charge in [-0.1, -0.05) is 55.5 Å². The monoisotopic (exact) mass is 336 g/mol. The van der Waals surface area contributed by atoms with Gasteiger partial charge in [0.25, 0.3) is 0 Å². The Bertz CT molecular complexity index is 621. The van der Waals surface area contributed by atoms with E-state index in [1.807, 2.05) is 30.3 Å². The Kier molecular flexibility index (Phi) is 7.72. The van der Waals surface area contributed by atoms with Crippen molar-refractivity contribution < 1.29 is 9.18 Å². The van der Waals surface area contributed by atoms with Gasteiger partial charge in [-0.2, -0.15) is 0 Å². The largest absolute Gasteiger partial charge is 0.334 e. The molecular weight excluding hydrogens is 315 g/mol. The molecule has 2 N–H and O–H groups in total. The Hall–Kier alpha value is -1.91. The molecule has 0 aliphatic heterocycles. The fourth-order valence-electron chi connectivity index (χ4n) is 2.26. The molecule has 0 saturated carbocycles. The zero-order valence-electron chi connectivity index (χ0n) is 13.1. The van der Waals surface area contributed by atoms with Gasteiger partial charge in [0.15, 0.2) is 0 Å². The van der Waals surface area contributed by atoms with E-state index in [2.05, 4.69) is 0 Å². The van der Waals surface area contributed by atoms with Crippen molar-refractivity contribution >= 4 is 18.3 Å². The van der Waals surface area contributed by atoms with Crippen LogP contribution in [0, 0.1) is 11.7 Å². The van der Waals surface area contributed by atoms with E-state index in [4.69, 9.17) is 5.73 Å². The second-order valence-corrected chi connectivity index (χ2v) is 5.41. The number of nitrogens with zero attached hydrogens (tertiary/aromatic N) is 1. The number of rotatable bonds is 6. The SMILES string of the molecule is CC(CN)C(=O)N(Cc1ccccc1)Cc1ccccc1F.Cl. The van der Waals surface area contributed by atoms with Crippen molar-refractivity contribution in [2.45, 2.75) is 20.0 Å². The van der Waals surface area contributed by atoms with E-state index in [9.17, 15) is 9.18 Å². The Morgan fingerprint density at radius 3 is 2.30 bits per heavy atom. The van der Waals surface area contributed by atoms with Crippen LogP contribution in [-0.4, -0.2) is 17.4 Å². The zero-order chi connectivity index (χ0) is 15.9. The normalized spacial score (nSPS) is 11.4. The predicted molar refractivity (Wildman–Crippen MR) is 92.6 cm³/mol. The van der Waals surface area contributed by atoms with E-state index in [1.54, 1.807) is 30.0 Å². The standard InChI is InChI=1S/C18H21FN2O.ClH/c1-14(11-20)18(22)21(12-15-7-3-2-4-8-15)13-16-9-5-6-10-17(16)19;/h2-10,14H,11-13,20H2,1H3;1H. The molecule has 0 spiro atoms. The van der Waals surface area contributed by atoms with Crippen LogP contribution in [0.25, 0.3) is 0 Å². The summed E-state index contributed by atoms with van der Waals surface area (Å²) in [5.74, 6) is -0.640. The van der Waals surface area contributed by atoms with Gasteiger partial charge in [0, 0.05) is 31.1 Å². The molecule has 0 heterocycles. The lowest BCUT2D eigenvalue weighted by molar-refractivity contribution is -0.136. The van der Waals surface area contributed by atoms with Crippen LogP contribution in [0.2, 0.25) is 0 Å². The van der Waals surface area contributed by atoms with Gasteiger partial charge in [-0.3, -0.25) is 4.79 Å². The minimum atomic E-state index is -0.297. The Balaban J connectivity index is 0.00000264. The van der Waals surface area contributed by atoms with Crippen LogP contribution >= 0.6 is 12.4 Å². The third-order valence-corrected chi connectivity index (χ3v) is 3.62. The molecule has 0 fully saturated rings. The van der Waals surface area contributed by atoms with Crippen LogP contribution < -0.4 is 5.73 Å². The van der Waals surface area contributed by atoms with Gasteiger partial charge < -0.3 is 10.6 Å². The van der Waals surface area contributed by atoms with Crippen LogP contribution in [0.4, 0.5) is 4.39 Å². The molecule has 2 aromatic carbocycles. The first-order valence-electron chi connectivity index (χ1n) is 7.38. The van der Waals surface area contributed by atoms with E-state index < -0.39 is 0 Å². The first-order valence-corrected chi connectivity index (χ1v) is 7.38. The summed E-state index contributed by atoms with van der Waals surface area (Å²) in [5, 5.41) is 0. The van der Waals surface area contributed by atoms with E-state index in [1.165, 1.54) is 6.07 Å². The second kappa shape index (κ2) is 9.28. The Labute approximate surface area is 142 Å². The maximum atomic E-state index is 13.9. The van der Waals surface area contributed by atoms with Crippen molar-refractivity contribution in [2.24, 2.45) is 11.7 Å². The molecule has 5 heteroatoms. The van der Waals surface area contributed by atoms with Gasteiger partial charge in [0.1, 0.15) is 5.82 Å². The molecule has 1 atom stereocenters. The molecule has 0 saturated heterocycles. The van der Waals surface area contributed by atoms with Crippen LogP contribution in [-0.2, 0) is 17.9 Å². The number of hydrogen-bond donors (Lipinski definition) is 1. The van der Waals surface area contributed by atoms with Crippen LogP contribution in [0.15, 0.2) is 54.6 Å². The van der Waals surface area contributed by atoms with E-state index in [-0.39, 0.29) is 43.1 Å². The summed E-state index contributed by atoms with van der Waals surface area (Å²) in [6.07, 6.45) is 0. The fourth-order valence-corrected chi connectivity index (χ4v) is 2.26. The van der Waals surface area contributed by atoms with Gasteiger partial charge in [-0.05, 0) is 11.6 Å². The lowest BCUT2D eigenvalue weighted by atomic mass is 10.1. The van der Waals surface area contributed by atoms with Crippen molar-refractivity contribution in [3.8, 4) is 0 Å². The summed E-state index contributed by atoms with van der Waals surface area (Å²) in [6.45, 7) is 2.76. The van der Waals surface area contributed by atoms with Crippen molar-refractivity contribution in [1.29, 1.82) is 0 Å². The van der Waals surface area contributed by atoms with E-state index in [0.717, 1.165) is 5.56 Å². The van der Waals surface area contributed by atoms with Crippen molar-refractivity contribution in [2.75, 3.05) is 6.54 Å². The highest BCUT2D eigenvalue weighted by Gasteiger charge is 2.20. The number of nitrogens with two attached hydrogens (primary N) is 1.